The molecule has 7 heteroatoms. The maximum atomic E-state index is 12.6. The number of para-hydroxylation sites is 1. The number of aromatic nitrogens is 1. The van der Waals surface area contributed by atoms with Crippen molar-refractivity contribution in [3.8, 4) is 0 Å². The van der Waals surface area contributed by atoms with E-state index in [1.807, 2.05) is 30.3 Å². The van der Waals surface area contributed by atoms with Crippen molar-refractivity contribution in [2.24, 2.45) is 0 Å². The number of nitrogens with one attached hydrogen (secondary N) is 1. The molecule has 4 rings (SSSR count). The second-order valence-electron chi connectivity index (χ2n) is 7.20. The molecule has 0 aliphatic carbocycles. The van der Waals surface area contributed by atoms with Gasteiger partial charge in [-0.2, -0.15) is 4.31 Å². The molecule has 1 N–H and O–H groups in total. The van der Waals surface area contributed by atoms with Crippen LogP contribution in [0.4, 0.5) is 0 Å². The van der Waals surface area contributed by atoms with Crippen molar-refractivity contribution in [3.63, 3.8) is 0 Å². The third-order valence-electron chi connectivity index (χ3n) is 5.18. The molecule has 0 bridgehead atoms. The van der Waals surface area contributed by atoms with E-state index in [1.54, 1.807) is 30.5 Å². The lowest BCUT2D eigenvalue weighted by atomic mass is 10.1. The molecule has 0 radical (unpaired) electrons. The third kappa shape index (κ3) is 4.31. The number of pyridine rings is 1. The topological polar surface area (TPSA) is 79.4 Å². The minimum absolute atomic E-state index is 0.100. The molecule has 2 heterocycles. The molecule has 2 aromatic carbocycles. The van der Waals surface area contributed by atoms with Gasteiger partial charge in [-0.15, -0.1) is 0 Å². The molecule has 6 nitrogen and oxygen atoms in total. The minimum Gasteiger partial charge on any atom is -0.352 e. The van der Waals surface area contributed by atoms with Gasteiger partial charge in [0.05, 0.1) is 16.8 Å². The highest BCUT2D eigenvalue weighted by Gasteiger charge is 2.26. The number of carbonyl (C=O) groups is 1. The van der Waals surface area contributed by atoms with Gasteiger partial charge in [-0.3, -0.25) is 9.78 Å². The van der Waals surface area contributed by atoms with Gasteiger partial charge in [0.2, 0.25) is 15.9 Å². The van der Waals surface area contributed by atoms with E-state index in [1.165, 1.54) is 4.31 Å². The third-order valence-corrected chi connectivity index (χ3v) is 7.10. The van der Waals surface area contributed by atoms with E-state index in [4.69, 9.17) is 0 Å². The number of sulfonamides is 1. The summed E-state index contributed by atoms with van der Waals surface area (Å²) in [6.45, 7) is 1.52. The second kappa shape index (κ2) is 8.31. The van der Waals surface area contributed by atoms with Crippen LogP contribution in [0.15, 0.2) is 65.7 Å². The quantitative estimate of drug-likeness (QED) is 0.679. The van der Waals surface area contributed by atoms with Gasteiger partial charge in [-0.25, -0.2) is 8.42 Å². The summed E-state index contributed by atoms with van der Waals surface area (Å²) in [5.74, 6) is -0.100. The highest BCUT2D eigenvalue weighted by Crippen LogP contribution is 2.21. The predicted octanol–water partition coefficient (Wildman–Crippen LogP) is 2.88. The molecule has 3 aromatic rings. The summed E-state index contributed by atoms with van der Waals surface area (Å²) in [6, 6.07) is 16.4. The van der Waals surface area contributed by atoms with Crippen LogP contribution in [0, 0.1) is 0 Å². The molecule has 1 fully saturated rings. The SMILES string of the molecule is O=C(Cc1cccc2cccnc12)NCc1ccc(S(=O)(=O)N2CCCC2)cc1. The van der Waals surface area contributed by atoms with Crippen molar-refractivity contribution in [1.82, 2.24) is 14.6 Å². The number of fused-ring (bicyclic) bond motifs is 1. The lowest BCUT2D eigenvalue weighted by molar-refractivity contribution is -0.120. The summed E-state index contributed by atoms with van der Waals surface area (Å²) in [7, 11) is -3.41. The molecule has 150 valence electrons. The monoisotopic (exact) mass is 409 g/mol. The average Bonchev–Trinajstić information content (AvgIpc) is 3.29. The Morgan fingerprint density at radius 3 is 2.48 bits per heavy atom. The second-order valence-corrected chi connectivity index (χ2v) is 9.14. The van der Waals surface area contributed by atoms with Crippen LogP contribution in [-0.2, 0) is 27.8 Å². The maximum Gasteiger partial charge on any atom is 0.243 e. The molecule has 0 spiro atoms. The van der Waals surface area contributed by atoms with E-state index < -0.39 is 10.0 Å². The minimum atomic E-state index is -3.41. The standard InChI is InChI=1S/C22H23N3O3S/c26-21(15-19-6-3-5-18-7-4-12-23-22(18)19)24-16-17-8-10-20(11-9-17)29(27,28)25-13-1-2-14-25/h3-12H,1-2,13-16H2,(H,24,26). The Bertz CT molecular complexity index is 1120. The molecule has 0 saturated carbocycles. The largest absolute Gasteiger partial charge is 0.352 e. The smallest absolute Gasteiger partial charge is 0.243 e. The van der Waals surface area contributed by atoms with Crippen molar-refractivity contribution in [3.05, 3.63) is 71.9 Å². The molecule has 0 unspecified atom stereocenters. The Morgan fingerprint density at radius 1 is 1.00 bits per heavy atom. The van der Waals surface area contributed by atoms with Gasteiger partial charge in [0.25, 0.3) is 0 Å². The number of carbonyl (C=O) groups excluding carboxylic acids is 1. The van der Waals surface area contributed by atoms with Gasteiger partial charge in [-0.1, -0.05) is 36.4 Å². The van der Waals surface area contributed by atoms with E-state index in [0.717, 1.165) is 34.9 Å². The Kier molecular flexibility index (Phi) is 5.60. The number of amides is 1. The van der Waals surface area contributed by atoms with Crippen LogP contribution < -0.4 is 5.32 Å². The Labute approximate surface area is 170 Å². The van der Waals surface area contributed by atoms with Crippen LogP contribution in [0.2, 0.25) is 0 Å². The first-order valence-corrected chi connectivity index (χ1v) is 11.2. The Balaban J connectivity index is 1.38. The lowest BCUT2D eigenvalue weighted by Gasteiger charge is -2.15. The first-order chi connectivity index (χ1) is 14.0. The summed E-state index contributed by atoms with van der Waals surface area (Å²) >= 11 is 0. The van der Waals surface area contributed by atoms with E-state index >= 15 is 0 Å². The molecule has 0 atom stereocenters. The zero-order valence-electron chi connectivity index (χ0n) is 16.0. The fraction of sp³-hybridized carbons (Fsp3) is 0.273. The molecule has 1 amide bonds. The van der Waals surface area contributed by atoms with Crippen LogP contribution in [0.25, 0.3) is 10.9 Å². The first-order valence-electron chi connectivity index (χ1n) is 9.72. The molecule has 1 aromatic heterocycles. The van der Waals surface area contributed by atoms with Gasteiger partial charge in [0.1, 0.15) is 0 Å². The van der Waals surface area contributed by atoms with Gasteiger partial charge in [0, 0.05) is 31.2 Å². The first kappa shape index (κ1) is 19.5. The number of benzene rings is 2. The van der Waals surface area contributed by atoms with E-state index in [9.17, 15) is 13.2 Å². The van der Waals surface area contributed by atoms with Gasteiger partial charge in [-0.05, 0) is 42.2 Å². The van der Waals surface area contributed by atoms with Crippen LogP contribution >= 0.6 is 0 Å². The molecule has 1 saturated heterocycles. The summed E-state index contributed by atoms with van der Waals surface area (Å²) in [5.41, 5.74) is 2.57. The molecule has 1 aliphatic heterocycles. The van der Waals surface area contributed by atoms with Crippen molar-refractivity contribution in [2.45, 2.75) is 30.7 Å². The van der Waals surface area contributed by atoms with E-state index in [2.05, 4.69) is 10.3 Å². The Hall–Kier alpha value is -2.77. The van der Waals surface area contributed by atoms with Crippen LogP contribution in [0.1, 0.15) is 24.0 Å². The van der Waals surface area contributed by atoms with Crippen LogP contribution in [-0.4, -0.2) is 36.7 Å². The molecular weight excluding hydrogens is 386 g/mol. The highest BCUT2D eigenvalue weighted by molar-refractivity contribution is 7.89. The highest BCUT2D eigenvalue weighted by atomic mass is 32.2. The summed E-state index contributed by atoms with van der Waals surface area (Å²) in [6.07, 6.45) is 3.79. The fourth-order valence-corrected chi connectivity index (χ4v) is 5.12. The number of rotatable bonds is 6. The van der Waals surface area contributed by atoms with Gasteiger partial charge < -0.3 is 5.32 Å². The normalized spacial score (nSPS) is 14.9. The average molecular weight is 410 g/mol. The van der Waals surface area contributed by atoms with E-state index in [-0.39, 0.29) is 12.3 Å². The van der Waals surface area contributed by atoms with Gasteiger partial charge in [0.15, 0.2) is 0 Å². The van der Waals surface area contributed by atoms with Crippen LogP contribution in [0.3, 0.4) is 0 Å². The Morgan fingerprint density at radius 2 is 1.72 bits per heavy atom. The number of hydrogen-bond acceptors (Lipinski definition) is 4. The van der Waals surface area contributed by atoms with Crippen molar-refractivity contribution >= 4 is 26.8 Å². The lowest BCUT2D eigenvalue weighted by Crippen LogP contribution is -2.28. The maximum absolute atomic E-state index is 12.6. The van der Waals surface area contributed by atoms with Crippen molar-refractivity contribution in [1.29, 1.82) is 0 Å². The van der Waals surface area contributed by atoms with Crippen LogP contribution in [0.5, 0.6) is 0 Å². The zero-order valence-corrected chi connectivity index (χ0v) is 16.9. The molecule has 29 heavy (non-hydrogen) atoms. The van der Waals surface area contributed by atoms with E-state index in [0.29, 0.717) is 24.5 Å². The van der Waals surface area contributed by atoms with Gasteiger partial charge >= 0.3 is 0 Å². The number of nitrogens with zero attached hydrogens (tertiary/aromatic N) is 2. The van der Waals surface area contributed by atoms with Crippen molar-refractivity contribution < 1.29 is 13.2 Å². The summed E-state index contributed by atoms with van der Waals surface area (Å²) < 4.78 is 26.7. The summed E-state index contributed by atoms with van der Waals surface area (Å²) in [5, 5.41) is 3.91. The molecule has 1 aliphatic rings. The summed E-state index contributed by atoms with van der Waals surface area (Å²) in [4.78, 5) is 17.1. The molecular formula is C22H23N3O3S. The predicted molar refractivity (Wildman–Crippen MR) is 112 cm³/mol. The fourth-order valence-electron chi connectivity index (χ4n) is 3.60. The number of hydrogen-bond donors (Lipinski definition) is 1. The van der Waals surface area contributed by atoms with Crippen molar-refractivity contribution in [2.75, 3.05) is 13.1 Å². The zero-order chi connectivity index (χ0) is 20.3.